The molecule has 1 unspecified atom stereocenters. The number of imidazole rings is 1. The van der Waals surface area contributed by atoms with E-state index in [1.165, 1.54) is 0 Å². The second kappa shape index (κ2) is 11.6. The molecule has 0 saturated heterocycles. The average Bonchev–Trinajstić information content (AvgIpc) is 3.39. The van der Waals surface area contributed by atoms with Gasteiger partial charge in [0.1, 0.15) is 18.5 Å². The number of rotatable bonds is 9. The molecule has 0 bridgehead atoms. The first-order valence-electron chi connectivity index (χ1n) is 12.6. The Bertz CT molecular complexity index is 1550. The minimum atomic E-state index is -0.355. The van der Waals surface area contributed by atoms with E-state index in [9.17, 15) is 5.26 Å². The van der Waals surface area contributed by atoms with Gasteiger partial charge in [-0.15, -0.1) is 0 Å². The van der Waals surface area contributed by atoms with Crippen LogP contribution in [-0.4, -0.2) is 9.55 Å². The number of aryl methyl sites for hydroxylation is 2. The Hall–Kier alpha value is -4.66. The van der Waals surface area contributed by atoms with Crippen molar-refractivity contribution >= 4 is 0 Å². The van der Waals surface area contributed by atoms with Crippen LogP contribution >= 0.6 is 0 Å². The van der Waals surface area contributed by atoms with Gasteiger partial charge >= 0.3 is 0 Å². The highest BCUT2D eigenvalue weighted by Crippen LogP contribution is 2.33. The van der Waals surface area contributed by atoms with E-state index in [-0.39, 0.29) is 6.10 Å². The number of nitrogens with zero attached hydrogens (tertiary/aromatic N) is 3. The minimum Gasteiger partial charge on any atom is -0.489 e. The van der Waals surface area contributed by atoms with Crippen LogP contribution in [0.15, 0.2) is 110 Å². The summed E-state index contributed by atoms with van der Waals surface area (Å²) >= 11 is 0. The molecular weight excluding hydrogens is 470 g/mol. The molecule has 5 rings (SSSR count). The van der Waals surface area contributed by atoms with Crippen LogP contribution in [0.3, 0.4) is 0 Å². The first-order chi connectivity index (χ1) is 18.6. The first kappa shape index (κ1) is 25.0. The molecule has 0 amide bonds. The summed E-state index contributed by atoms with van der Waals surface area (Å²) in [6.45, 7) is 3.00. The first-order valence-corrected chi connectivity index (χ1v) is 12.6. The third kappa shape index (κ3) is 5.67. The molecular formula is C33H29N3O2. The van der Waals surface area contributed by atoms with Crippen molar-refractivity contribution in [1.82, 2.24) is 9.55 Å². The molecule has 0 aliphatic rings. The van der Waals surface area contributed by atoms with E-state index in [2.05, 4.69) is 48.3 Å². The molecule has 0 aliphatic heterocycles. The zero-order valence-electron chi connectivity index (χ0n) is 21.5. The van der Waals surface area contributed by atoms with Crippen LogP contribution in [0.4, 0.5) is 0 Å². The standard InChI is InChI=1S/C33H29N3O2/c1-24-8-6-7-11-30(24)31-18-27(14-15-28(31)19-34)33(32-20-35-23-36(32)2)38-22-26-12-16-29(17-13-26)37-21-25-9-4-3-5-10-25/h3-18,20,23,33H,21-22H2,1-2H3. The van der Waals surface area contributed by atoms with Crippen molar-refractivity contribution in [3.63, 3.8) is 0 Å². The van der Waals surface area contributed by atoms with Gasteiger partial charge in [0.2, 0.25) is 0 Å². The van der Waals surface area contributed by atoms with Crippen molar-refractivity contribution in [2.24, 2.45) is 7.05 Å². The van der Waals surface area contributed by atoms with Crippen molar-refractivity contribution in [2.75, 3.05) is 0 Å². The third-order valence-corrected chi connectivity index (χ3v) is 6.61. The summed E-state index contributed by atoms with van der Waals surface area (Å²) in [4.78, 5) is 4.32. The smallest absolute Gasteiger partial charge is 0.124 e. The van der Waals surface area contributed by atoms with E-state index >= 15 is 0 Å². The molecule has 5 heteroatoms. The highest BCUT2D eigenvalue weighted by molar-refractivity contribution is 5.74. The summed E-state index contributed by atoms with van der Waals surface area (Å²) in [5.74, 6) is 0.816. The lowest BCUT2D eigenvalue weighted by molar-refractivity contribution is 0.0622. The van der Waals surface area contributed by atoms with Crippen molar-refractivity contribution in [2.45, 2.75) is 26.2 Å². The minimum absolute atomic E-state index is 0.355. The van der Waals surface area contributed by atoms with Crippen LogP contribution in [-0.2, 0) is 25.0 Å². The van der Waals surface area contributed by atoms with Gasteiger partial charge in [-0.3, -0.25) is 0 Å². The molecule has 5 nitrogen and oxygen atoms in total. The summed E-state index contributed by atoms with van der Waals surface area (Å²) in [6.07, 6.45) is 3.25. The fourth-order valence-electron chi connectivity index (χ4n) is 4.50. The molecule has 38 heavy (non-hydrogen) atoms. The van der Waals surface area contributed by atoms with Crippen LogP contribution in [0, 0.1) is 18.3 Å². The van der Waals surface area contributed by atoms with Crippen LogP contribution in [0.1, 0.15) is 39.6 Å². The number of ether oxygens (including phenoxy) is 2. The Morgan fingerprint density at radius 2 is 1.58 bits per heavy atom. The van der Waals surface area contributed by atoms with Crippen LogP contribution < -0.4 is 4.74 Å². The molecule has 0 N–H and O–H groups in total. The van der Waals surface area contributed by atoms with Crippen LogP contribution in [0.2, 0.25) is 0 Å². The van der Waals surface area contributed by atoms with Gasteiger partial charge in [0.25, 0.3) is 0 Å². The van der Waals surface area contributed by atoms with E-state index in [0.717, 1.165) is 44.8 Å². The summed E-state index contributed by atoms with van der Waals surface area (Å²) < 4.78 is 14.4. The van der Waals surface area contributed by atoms with Crippen molar-refractivity contribution in [1.29, 1.82) is 5.26 Å². The summed E-state index contributed by atoms with van der Waals surface area (Å²) in [5.41, 5.74) is 7.77. The Kier molecular flexibility index (Phi) is 7.63. The maximum Gasteiger partial charge on any atom is 0.124 e. The maximum atomic E-state index is 9.80. The Morgan fingerprint density at radius 3 is 2.29 bits per heavy atom. The second-order valence-electron chi connectivity index (χ2n) is 9.27. The largest absolute Gasteiger partial charge is 0.489 e. The molecule has 0 spiro atoms. The highest BCUT2D eigenvalue weighted by Gasteiger charge is 2.21. The molecule has 188 valence electrons. The van der Waals surface area contributed by atoms with Gasteiger partial charge in [-0.1, -0.05) is 72.8 Å². The second-order valence-corrected chi connectivity index (χ2v) is 9.27. The van der Waals surface area contributed by atoms with Gasteiger partial charge < -0.3 is 14.0 Å². The molecule has 4 aromatic carbocycles. The summed E-state index contributed by atoms with van der Waals surface area (Å²) in [6, 6.07) is 34.5. The van der Waals surface area contributed by atoms with Crippen molar-refractivity contribution in [3.8, 4) is 22.9 Å². The SMILES string of the molecule is Cc1ccccc1-c1cc(C(OCc2ccc(OCc3ccccc3)cc2)c2cncn2C)ccc1C#N. The predicted octanol–water partition coefficient (Wildman–Crippen LogP) is 7.15. The van der Waals surface area contributed by atoms with Crippen LogP contribution in [0.25, 0.3) is 11.1 Å². The topological polar surface area (TPSA) is 60.1 Å². The monoisotopic (exact) mass is 499 g/mol. The predicted molar refractivity (Wildman–Crippen MR) is 148 cm³/mol. The van der Waals surface area contributed by atoms with Gasteiger partial charge in [-0.05, 0) is 59.0 Å². The molecule has 1 atom stereocenters. The lowest BCUT2D eigenvalue weighted by Crippen LogP contribution is -2.11. The third-order valence-electron chi connectivity index (χ3n) is 6.61. The number of nitriles is 1. The lowest BCUT2D eigenvalue weighted by Gasteiger charge is -2.21. The Labute approximate surface area is 223 Å². The van der Waals surface area contributed by atoms with Gasteiger partial charge in [0.05, 0.1) is 36.5 Å². The molecule has 0 aliphatic carbocycles. The van der Waals surface area contributed by atoms with E-state index in [0.29, 0.717) is 18.8 Å². The Balaban J connectivity index is 1.37. The maximum absolute atomic E-state index is 9.80. The van der Waals surface area contributed by atoms with Gasteiger partial charge in [-0.25, -0.2) is 4.98 Å². The van der Waals surface area contributed by atoms with E-state index < -0.39 is 0 Å². The Morgan fingerprint density at radius 1 is 0.842 bits per heavy atom. The van der Waals surface area contributed by atoms with Gasteiger partial charge in [0, 0.05) is 12.6 Å². The highest BCUT2D eigenvalue weighted by atomic mass is 16.5. The fraction of sp³-hybridized carbons (Fsp3) is 0.152. The molecule has 0 saturated carbocycles. The number of benzene rings is 4. The van der Waals surface area contributed by atoms with Crippen LogP contribution in [0.5, 0.6) is 5.75 Å². The molecule has 0 fully saturated rings. The van der Waals surface area contributed by atoms with Crippen molar-refractivity contribution < 1.29 is 9.47 Å². The van der Waals surface area contributed by atoms with E-state index in [4.69, 9.17) is 9.47 Å². The molecule has 5 aromatic rings. The average molecular weight is 500 g/mol. The zero-order valence-corrected chi connectivity index (χ0v) is 21.5. The van der Waals surface area contributed by atoms with Crippen molar-refractivity contribution in [3.05, 3.63) is 143 Å². The number of aromatic nitrogens is 2. The van der Waals surface area contributed by atoms with Gasteiger partial charge in [0.15, 0.2) is 0 Å². The zero-order chi connectivity index (χ0) is 26.3. The molecule has 1 heterocycles. The number of hydrogen-bond donors (Lipinski definition) is 0. The number of hydrogen-bond acceptors (Lipinski definition) is 4. The van der Waals surface area contributed by atoms with E-state index in [1.54, 1.807) is 6.33 Å². The quantitative estimate of drug-likeness (QED) is 0.216. The summed E-state index contributed by atoms with van der Waals surface area (Å²) in [5, 5.41) is 9.80. The normalized spacial score (nSPS) is 11.6. The summed E-state index contributed by atoms with van der Waals surface area (Å²) in [7, 11) is 1.96. The molecule has 1 aromatic heterocycles. The fourth-order valence-corrected chi connectivity index (χ4v) is 4.50. The van der Waals surface area contributed by atoms with Gasteiger partial charge in [-0.2, -0.15) is 5.26 Å². The lowest BCUT2D eigenvalue weighted by atomic mass is 9.93. The van der Waals surface area contributed by atoms with E-state index in [1.807, 2.05) is 84.5 Å². The molecule has 0 radical (unpaired) electrons.